The number of carbonyl (C=O) groups is 2. The van der Waals surface area contributed by atoms with Crippen LogP contribution in [0, 0.1) is 5.92 Å². The number of nitrogens with zero attached hydrogens (tertiary/aromatic N) is 3. The molecule has 2 aromatic heterocycles. The van der Waals surface area contributed by atoms with Crippen molar-refractivity contribution in [3.05, 3.63) is 56.1 Å². The number of carbonyl (C=O) groups excluding carboxylic acids is 2. The van der Waals surface area contributed by atoms with Gasteiger partial charge in [-0.05, 0) is 42.3 Å². The van der Waals surface area contributed by atoms with E-state index in [0.717, 1.165) is 12.1 Å². The molecule has 2 saturated heterocycles. The van der Waals surface area contributed by atoms with E-state index >= 15 is 0 Å². The first-order valence-corrected chi connectivity index (χ1v) is 10.9. The third kappa shape index (κ3) is 3.19. The molecule has 2 fully saturated rings. The first-order valence-electron chi connectivity index (χ1n) is 10.00. The lowest BCUT2D eigenvalue weighted by Gasteiger charge is -2.42. The van der Waals surface area contributed by atoms with Gasteiger partial charge in [-0.1, -0.05) is 0 Å². The van der Waals surface area contributed by atoms with E-state index in [-0.39, 0.29) is 41.3 Å². The van der Waals surface area contributed by atoms with Crippen molar-refractivity contribution in [1.29, 1.82) is 0 Å². The van der Waals surface area contributed by atoms with Crippen LogP contribution in [0.2, 0.25) is 0 Å². The Kier molecular flexibility index (Phi) is 4.53. The molecule has 2 amide bonds. The van der Waals surface area contributed by atoms with E-state index in [1.54, 1.807) is 10.6 Å². The SMILES string of the molecule is O=C(c1ccsc1)N1C[C@@H]2C[C@H](C1)c1ccc(C(=O)N3CC[C@@H](F)C3)c(=O)n1C2. The van der Waals surface area contributed by atoms with Gasteiger partial charge in [-0.3, -0.25) is 14.4 Å². The second kappa shape index (κ2) is 7.09. The van der Waals surface area contributed by atoms with Gasteiger partial charge in [-0.25, -0.2) is 4.39 Å². The summed E-state index contributed by atoms with van der Waals surface area (Å²) in [6.07, 6.45) is 0.261. The Balaban J connectivity index is 1.42. The Hall–Kier alpha value is -2.48. The summed E-state index contributed by atoms with van der Waals surface area (Å²) in [4.78, 5) is 41.9. The molecular weight excluding hydrogens is 393 g/mol. The van der Waals surface area contributed by atoms with E-state index in [4.69, 9.17) is 0 Å². The molecule has 6 nitrogen and oxygen atoms in total. The zero-order valence-electron chi connectivity index (χ0n) is 15.9. The van der Waals surface area contributed by atoms with Crippen molar-refractivity contribution in [2.45, 2.75) is 31.5 Å². The van der Waals surface area contributed by atoms with Crippen LogP contribution >= 0.6 is 11.3 Å². The van der Waals surface area contributed by atoms with Gasteiger partial charge in [0.05, 0.1) is 12.1 Å². The van der Waals surface area contributed by atoms with Gasteiger partial charge in [-0.2, -0.15) is 11.3 Å². The van der Waals surface area contributed by atoms with Crippen molar-refractivity contribution in [3.63, 3.8) is 0 Å². The number of likely N-dealkylation sites (tertiary alicyclic amines) is 2. The van der Waals surface area contributed by atoms with E-state index in [9.17, 15) is 18.8 Å². The molecule has 29 heavy (non-hydrogen) atoms. The summed E-state index contributed by atoms with van der Waals surface area (Å²) >= 11 is 1.51. The minimum Gasteiger partial charge on any atom is -0.338 e. The zero-order chi connectivity index (χ0) is 20.1. The van der Waals surface area contributed by atoms with Crippen LogP contribution in [-0.4, -0.2) is 58.5 Å². The van der Waals surface area contributed by atoms with Crippen molar-refractivity contribution in [1.82, 2.24) is 14.4 Å². The van der Waals surface area contributed by atoms with E-state index < -0.39 is 6.17 Å². The standard InChI is InChI=1S/C21H22FN3O3S/c22-16-3-5-23(11-16)20(27)17-1-2-18-15-7-13(9-25(18)21(17)28)8-24(10-15)19(26)14-4-6-29-12-14/h1-2,4,6,12-13,15-16H,3,5,7-11H2/t13-,15+,16+/m0/s1. The molecule has 0 aromatic carbocycles. The Morgan fingerprint density at radius 1 is 1.03 bits per heavy atom. The third-order valence-corrected chi connectivity index (χ3v) is 6.99. The highest BCUT2D eigenvalue weighted by Gasteiger charge is 2.38. The molecule has 0 spiro atoms. The topological polar surface area (TPSA) is 62.6 Å². The van der Waals surface area contributed by atoms with Crippen molar-refractivity contribution in [3.8, 4) is 0 Å². The van der Waals surface area contributed by atoms with E-state index in [2.05, 4.69) is 0 Å². The zero-order valence-corrected chi connectivity index (χ0v) is 16.7. The van der Waals surface area contributed by atoms with Gasteiger partial charge in [0.25, 0.3) is 17.4 Å². The van der Waals surface area contributed by atoms with Gasteiger partial charge in [0.15, 0.2) is 0 Å². The summed E-state index contributed by atoms with van der Waals surface area (Å²) in [6.45, 7) is 2.11. The van der Waals surface area contributed by atoms with Crippen LogP contribution in [-0.2, 0) is 6.54 Å². The molecule has 0 saturated carbocycles. The first-order chi connectivity index (χ1) is 14.0. The van der Waals surface area contributed by atoms with Crippen LogP contribution in [0.1, 0.15) is 45.2 Å². The molecule has 0 N–H and O–H groups in total. The van der Waals surface area contributed by atoms with Crippen molar-refractivity contribution in [2.75, 3.05) is 26.2 Å². The molecule has 0 unspecified atom stereocenters. The smallest absolute Gasteiger partial charge is 0.263 e. The number of thiophene rings is 1. The Morgan fingerprint density at radius 3 is 2.62 bits per heavy atom. The molecule has 8 heteroatoms. The van der Waals surface area contributed by atoms with Crippen LogP contribution in [0.3, 0.4) is 0 Å². The van der Waals surface area contributed by atoms with E-state index in [1.807, 2.05) is 27.8 Å². The fourth-order valence-corrected chi connectivity index (χ4v) is 5.55. The maximum atomic E-state index is 13.5. The lowest BCUT2D eigenvalue weighted by atomic mass is 9.82. The number of halogens is 1. The number of hydrogen-bond acceptors (Lipinski definition) is 4. The molecular formula is C21H22FN3O3S. The number of pyridine rings is 1. The summed E-state index contributed by atoms with van der Waals surface area (Å²) in [5.74, 6) is -0.0633. The van der Waals surface area contributed by atoms with Gasteiger partial charge in [0.1, 0.15) is 11.7 Å². The Bertz CT molecular complexity index is 1020. The number of amides is 2. The highest BCUT2D eigenvalue weighted by Crippen LogP contribution is 2.36. The van der Waals surface area contributed by atoms with Gasteiger partial charge < -0.3 is 14.4 Å². The predicted octanol–water partition coefficient (Wildman–Crippen LogP) is 2.35. The minimum absolute atomic E-state index is 0.0401. The second-order valence-electron chi connectivity index (χ2n) is 8.25. The van der Waals surface area contributed by atoms with Gasteiger partial charge >= 0.3 is 0 Å². The second-order valence-corrected chi connectivity index (χ2v) is 9.03. The molecule has 0 aliphatic carbocycles. The largest absolute Gasteiger partial charge is 0.338 e. The number of aromatic nitrogens is 1. The number of rotatable bonds is 2. The average molecular weight is 415 g/mol. The van der Waals surface area contributed by atoms with E-state index in [0.29, 0.717) is 38.2 Å². The molecule has 152 valence electrons. The predicted molar refractivity (Wildman–Crippen MR) is 107 cm³/mol. The maximum absolute atomic E-state index is 13.5. The average Bonchev–Trinajstić information content (AvgIpc) is 3.39. The van der Waals surface area contributed by atoms with Crippen molar-refractivity contribution < 1.29 is 14.0 Å². The minimum atomic E-state index is -1.01. The lowest BCUT2D eigenvalue weighted by Crippen LogP contribution is -2.49. The van der Waals surface area contributed by atoms with Crippen LogP contribution in [0.15, 0.2) is 33.8 Å². The van der Waals surface area contributed by atoms with Crippen molar-refractivity contribution >= 4 is 23.2 Å². The highest BCUT2D eigenvalue weighted by atomic mass is 32.1. The van der Waals surface area contributed by atoms with E-state index in [1.165, 1.54) is 16.2 Å². The maximum Gasteiger partial charge on any atom is 0.263 e. The highest BCUT2D eigenvalue weighted by molar-refractivity contribution is 7.08. The molecule has 3 aliphatic rings. The van der Waals surface area contributed by atoms with Crippen LogP contribution in [0.5, 0.6) is 0 Å². The fraction of sp³-hybridized carbons (Fsp3) is 0.476. The monoisotopic (exact) mass is 415 g/mol. The lowest BCUT2D eigenvalue weighted by molar-refractivity contribution is 0.0594. The summed E-state index contributed by atoms with van der Waals surface area (Å²) < 4.78 is 15.2. The number of alkyl halides is 1. The molecule has 0 radical (unpaired) electrons. The molecule has 3 aliphatic heterocycles. The third-order valence-electron chi connectivity index (χ3n) is 6.31. The van der Waals surface area contributed by atoms with Crippen LogP contribution < -0.4 is 5.56 Å². The molecule has 5 rings (SSSR count). The number of piperidine rings is 1. The molecule has 2 aromatic rings. The van der Waals surface area contributed by atoms with Gasteiger partial charge in [-0.15, -0.1) is 0 Å². The summed E-state index contributed by atoms with van der Waals surface area (Å²) in [5.41, 5.74) is 1.43. The first kappa shape index (κ1) is 18.5. The summed E-state index contributed by atoms with van der Waals surface area (Å²) in [7, 11) is 0. The Morgan fingerprint density at radius 2 is 1.90 bits per heavy atom. The molecule has 5 heterocycles. The molecule has 2 bridgehead atoms. The fourth-order valence-electron chi connectivity index (χ4n) is 4.92. The Labute approximate surface area is 171 Å². The van der Waals surface area contributed by atoms with Gasteiger partial charge in [0, 0.05) is 43.2 Å². The number of fused-ring (bicyclic) bond motifs is 4. The quantitative estimate of drug-likeness (QED) is 0.757. The molecule has 3 atom stereocenters. The summed E-state index contributed by atoms with van der Waals surface area (Å²) in [5, 5.41) is 3.76. The van der Waals surface area contributed by atoms with Gasteiger partial charge in [0.2, 0.25) is 0 Å². The van der Waals surface area contributed by atoms with Crippen LogP contribution in [0.25, 0.3) is 0 Å². The normalized spacial score (nSPS) is 25.8. The van der Waals surface area contributed by atoms with Crippen molar-refractivity contribution in [2.24, 2.45) is 5.92 Å². The summed E-state index contributed by atoms with van der Waals surface area (Å²) in [6, 6.07) is 5.27. The van der Waals surface area contributed by atoms with Crippen LogP contribution in [0.4, 0.5) is 4.39 Å². The number of hydrogen-bond donors (Lipinski definition) is 0.